The molecular formula is C15H14F4N2. The van der Waals surface area contributed by atoms with E-state index >= 15 is 0 Å². The van der Waals surface area contributed by atoms with E-state index in [1.54, 1.807) is 17.9 Å². The SMILES string of the molecule is CCN(c1cccc(F)c1)c1ccc(N)c(C(F)(F)F)c1. The van der Waals surface area contributed by atoms with Gasteiger partial charge in [-0.1, -0.05) is 6.07 Å². The smallest absolute Gasteiger partial charge is 0.398 e. The number of halogens is 4. The second-order valence-electron chi connectivity index (χ2n) is 4.49. The number of alkyl halides is 3. The highest BCUT2D eigenvalue weighted by molar-refractivity contribution is 5.67. The molecule has 0 radical (unpaired) electrons. The molecule has 0 bridgehead atoms. The van der Waals surface area contributed by atoms with Crippen LogP contribution in [-0.2, 0) is 6.18 Å². The van der Waals surface area contributed by atoms with Gasteiger partial charge in [-0.2, -0.15) is 13.2 Å². The van der Waals surface area contributed by atoms with E-state index in [9.17, 15) is 17.6 Å². The lowest BCUT2D eigenvalue weighted by Crippen LogP contribution is -2.18. The minimum atomic E-state index is -4.53. The topological polar surface area (TPSA) is 29.3 Å². The number of benzene rings is 2. The Kier molecular flexibility index (Phi) is 4.06. The zero-order chi connectivity index (χ0) is 15.6. The molecule has 0 heterocycles. The fourth-order valence-electron chi connectivity index (χ4n) is 2.12. The molecule has 0 aliphatic carbocycles. The minimum Gasteiger partial charge on any atom is -0.398 e. The highest BCUT2D eigenvalue weighted by Crippen LogP contribution is 2.37. The molecule has 6 heteroatoms. The van der Waals surface area contributed by atoms with E-state index in [0.717, 1.165) is 6.07 Å². The van der Waals surface area contributed by atoms with Gasteiger partial charge in [-0.25, -0.2) is 4.39 Å². The maximum atomic E-state index is 13.3. The molecule has 0 aliphatic rings. The van der Waals surface area contributed by atoms with E-state index in [1.807, 2.05) is 0 Å². The first-order chi connectivity index (χ1) is 9.82. The molecule has 0 atom stereocenters. The Morgan fingerprint density at radius 2 is 1.71 bits per heavy atom. The van der Waals surface area contributed by atoms with Gasteiger partial charge in [-0.05, 0) is 43.3 Å². The zero-order valence-electron chi connectivity index (χ0n) is 11.3. The zero-order valence-corrected chi connectivity index (χ0v) is 11.3. The Balaban J connectivity index is 2.49. The maximum absolute atomic E-state index is 13.3. The summed E-state index contributed by atoms with van der Waals surface area (Å²) in [5, 5.41) is 0. The molecule has 2 nitrogen and oxygen atoms in total. The van der Waals surface area contributed by atoms with Crippen LogP contribution in [-0.4, -0.2) is 6.54 Å². The monoisotopic (exact) mass is 298 g/mol. The Morgan fingerprint density at radius 3 is 2.29 bits per heavy atom. The number of anilines is 3. The van der Waals surface area contributed by atoms with Crippen LogP contribution in [0.25, 0.3) is 0 Å². The van der Waals surface area contributed by atoms with Gasteiger partial charge in [0.05, 0.1) is 5.56 Å². The minimum absolute atomic E-state index is 0.310. The molecule has 2 rings (SSSR count). The molecule has 2 N–H and O–H groups in total. The summed E-state index contributed by atoms with van der Waals surface area (Å²) < 4.78 is 52.0. The van der Waals surface area contributed by atoms with E-state index in [0.29, 0.717) is 17.9 Å². The van der Waals surface area contributed by atoms with Gasteiger partial charge >= 0.3 is 6.18 Å². The number of hydrogen-bond donors (Lipinski definition) is 1. The van der Waals surface area contributed by atoms with E-state index in [2.05, 4.69) is 0 Å². The summed E-state index contributed by atoms with van der Waals surface area (Å²) in [6.45, 7) is 2.17. The van der Waals surface area contributed by atoms with E-state index < -0.39 is 17.6 Å². The average Bonchev–Trinajstić information content (AvgIpc) is 2.40. The third kappa shape index (κ3) is 3.26. The van der Waals surface area contributed by atoms with Crippen molar-refractivity contribution < 1.29 is 17.6 Å². The van der Waals surface area contributed by atoms with Gasteiger partial charge in [0.2, 0.25) is 0 Å². The van der Waals surface area contributed by atoms with Crippen LogP contribution in [0.2, 0.25) is 0 Å². The first-order valence-corrected chi connectivity index (χ1v) is 6.32. The molecule has 0 fully saturated rings. The molecule has 0 aromatic heterocycles. The summed E-state index contributed by atoms with van der Waals surface area (Å²) >= 11 is 0. The maximum Gasteiger partial charge on any atom is 0.418 e. The quantitative estimate of drug-likeness (QED) is 0.663. The second-order valence-corrected chi connectivity index (χ2v) is 4.49. The Morgan fingerprint density at radius 1 is 1.05 bits per heavy atom. The van der Waals surface area contributed by atoms with Gasteiger partial charge in [0.15, 0.2) is 0 Å². The molecule has 2 aromatic carbocycles. The van der Waals surface area contributed by atoms with Crippen LogP contribution in [0.3, 0.4) is 0 Å². The summed E-state index contributed by atoms with van der Waals surface area (Å²) in [7, 11) is 0. The normalized spacial score (nSPS) is 11.5. The number of hydrogen-bond acceptors (Lipinski definition) is 2. The first-order valence-electron chi connectivity index (χ1n) is 6.32. The van der Waals surface area contributed by atoms with Crippen LogP contribution in [0.5, 0.6) is 0 Å². The van der Waals surface area contributed by atoms with E-state index in [1.165, 1.54) is 30.3 Å². The summed E-state index contributed by atoms with van der Waals surface area (Å²) in [4.78, 5) is 1.58. The Labute approximate surface area is 119 Å². The number of nitrogens with zero attached hydrogens (tertiary/aromatic N) is 1. The van der Waals surface area contributed by atoms with Crippen molar-refractivity contribution in [1.82, 2.24) is 0 Å². The molecule has 0 unspecified atom stereocenters. The van der Waals surface area contributed by atoms with Gasteiger partial charge in [0.25, 0.3) is 0 Å². The van der Waals surface area contributed by atoms with E-state index in [4.69, 9.17) is 5.73 Å². The average molecular weight is 298 g/mol. The van der Waals surface area contributed by atoms with Crippen molar-refractivity contribution in [3.8, 4) is 0 Å². The van der Waals surface area contributed by atoms with Crippen LogP contribution in [0, 0.1) is 5.82 Å². The highest BCUT2D eigenvalue weighted by Gasteiger charge is 2.33. The highest BCUT2D eigenvalue weighted by atomic mass is 19.4. The van der Waals surface area contributed by atoms with Crippen molar-refractivity contribution in [2.45, 2.75) is 13.1 Å². The van der Waals surface area contributed by atoms with Crippen LogP contribution in [0.15, 0.2) is 42.5 Å². The van der Waals surface area contributed by atoms with Crippen molar-refractivity contribution in [3.63, 3.8) is 0 Å². The molecule has 21 heavy (non-hydrogen) atoms. The third-order valence-electron chi connectivity index (χ3n) is 3.09. The standard InChI is InChI=1S/C15H14F4N2/c1-2-21(11-5-3-4-10(16)8-11)12-6-7-14(20)13(9-12)15(17,18)19/h3-9H,2,20H2,1H3. The van der Waals surface area contributed by atoms with Crippen LogP contribution < -0.4 is 10.6 Å². The third-order valence-corrected chi connectivity index (χ3v) is 3.09. The molecule has 0 aliphatic heterocycles. The molecule has 0 spiro atoms. The Hall–Kier alpha value is -2.24. The lowest BCUT2D eigenvalue weighted by Gasteiger charge is -2.24. The summed E-state index contributed by atoms with van der Waals surface area (Å²) in [5.74, 6) is -0.447. The molecular weight excluding hydrogens is 284 g/mol. The first kappa shape index (κ1) is 15.2. The predicted molar refractivity (Wildman–Crippen MR) is 74.9 cm³/mol. The van der Waals surface area contributed by atoms with Crippen LogP contribution >= 0.6 is 0 Å². The van der Waals surface area contributed by atoms with Crippen LogP contribution in [0.1, 0.15) is 12.5 Å². The van der Waals surface area contributed by atoms with Crippen molar-refractivity contribution in [3.05, 3.63) is 53.8 Å². The van der Waals surface area contributed by atoms with Crippen molar-refractivity contribution in [2.75, 3.05) is 17.2 Å². The fraction of sp³-hybridized carbons (Fsp3) is 0.200. The van der Waals surface area contributed by atoms with Crippen LogP contribution in [0.4, 0.5) is 34.6 Å². The van der Waals surface area contributed by atoms with Gasteiger partial charge < -0.3 is 10.6 Å². The largest absolute Gasteiger partial charge is 0.418 e. The summed E-state index contributed by atoms with van der Waals surface area (Å²) in [6, 6.07) is 9.36. The lowest BCUT2D eigenvalue weighted by atomic mass is 10.1. The molecule has 2 aromatic rings. The van der Waals surface area contributed by atoms with Gasteiger partial charge in [0.1, 0.15) is 5.82 Å². The van der Waals surface area contributed by atoms with Gasteiger partial charge in [0, 0.05) is 23.6 Å². The molecule has 0 amide bonds. The fourth-order valence-corrected chi connectivity index (χ4v) is 2.12. The molecule has 0 saturated heterocycles. The van der Waals surface area contributed by atoms with Crippen molar-refractivity contribution in [2.24, 2.45) is 0 Å². The number of nitrogens with two attached hydrogens (primary N) is 1. The second kappa shape index (κ2) is 5.63. The van der Waals surface area contributed by atoms with Gasteiger partial charge in [-0.15, -0.1) is 0 Å². The van der Waals surface area contributed by atoms with Crippen molar-refractivity contribution >= 4 is 17.1 Å². The summed E-state index contributed by atoms with van der Waals surface area (Å²) in [6.07, 6.45) is -4.53. The number of nitrogen functional groups attached to an aromatic ring is 1. The lowest BCUT2D eigenvalue weighted by molar-refractivity contribution is -0.136. The molecule has 0 saturated carbocycles. The summed E-state index contributed by atoms with van der Waals surface area (Å²) in [5.41, 5.74) is 4.95. The van der Waals surface area contributed by atoms with Gasteiger partial charge in [-0.3, -0.25) is 0 Å². The number of rotatable bonds is 3. The van der Waals surface area contributed by atoms with Crippen molar-refractivity contribution in [1.29, 1.82) is 0 Å². The van der Waals surface area contributed by atoms with E-state index in [-0.39, 0.29) is 5.69 Å². The Bertz CT molecular complexity index is 638. The predicted octanol–water partition coefficient (Wildman–Crippen LogP) is 4.58. The molecule has 112 valence electrons.